The Morgan fingerprint density at radius 3 is 2.73 bits per heavy atom. The second kappa shape index (κ2) is 7.51. The first kappa shape index (κ1) is 17.2. The molecule has 1 aromatic heterocycles. The summed E-state index contributed by atoms with van der Waals surface area (Å²) in [4.78, 5) is 34.1. The number of nitro groups is 1. The number of non-ortho nitro benzene ring substituents is 1. The number of rotatable bonds is 7. The summed E-state index contributed by atoms with van der Waals surface area (Å²) in [6.07, 6.45) is 0. The van der Waals surface area contributed by atoms with Crippen LogP contribution in [0.2, 0.25) is 0 Å². The van der Waals surface area contributed by atoms with Crippen LogP contribution in [0.4, 0.5) is 5.69 Å². The van der Waals surface area contributed by atoms with Crippen molar-refractivity contribution in [1.82, 2.24) is 9.88 Å². The maximum Gasteiger partial charge on any atom is 0.420 e. The summed E-state index contributed by atoms with van der Waals surface area (Å²) in [5.41, 5.74) is 0.182. The van der Waals surface area contributed by atoms with Crippen molar-refractivity contribution in [2.24, 2.45) is 0 Å². The second-order valence-electron chi connectivity index (χ2n) is 5.37. The number of ether oxygens (including phenoxy) is 1. The van der Waals surface area contributed by atoms with Crippen LogP contribution in [0.25, 0.3) is 11.1 Å². The van der Waals surface area contributed by atoms with Gasteiger partial charge in [0.15, 0.2) is 5.58 Å². The minimum absolute atomic E-state index is 0.0596. The number of amides is 1. The van der Waals surface area contributed by atoms with Crippen molar-refractivity contribution in [3.8, 4) is 5.75 Å². The molecule has 9 heteroatoms. The Kier molecular flexibility index (Phi) is 4.97. The summed E-state index contributed by atoms with van der Waals surface area (Å²) in [5, 5.41) is 13.4. The Labute approximate surface area is 146 Å². The van der Waals surface area contributed by atoms with E-state index in [0.29, 0.717) is 11.3 Å². The third-order valence-electron chi connectivity index (χ3n) is 3.60. The van der Waals surface area contributed by atoms with Gasteiger partial charge in [0.05, 0.1) is 23.1 Å². The van der Waals surface area contributed by atoms with E-state index in [0.717, 1.165) is 10.6 Å². The van der Waals surface area contributed by atoms with Crippen molar-refractivity contribution in [3.05, 3.63) is 69.2 Å². The molecule has 1 amide bonds. The van der Waals surface area contributed by atoms with Crippen LogP contribution in [-0.2, 0) is 11.3 Å². The fraction of sp³-hybridized carbons (Fsp3) is 0.176. The van der Waals surface area contributed by atoms with Gasteiger partial charge in [0.1, 0.15) is 18.9 Å². The molecule has 0 saturated heterocycles. The lowest BCUT2D eigenvalue weighted by atomic mass is 10.3. The molecule has 3 aromatic rings. The smallest absolute Gasteiger partial charge is 0.420 e. The zero-order valence-electron chi connectivity index (χ0n) is 13.6. The van der Waals surface area contributed by atoms with Crippen LogP contribution in [0, 0.1) is 10.1 Å². The highest BCUT2D eigenvalue weighted by molar-refractivity contribution is 5.80. The molecule has 26 heavy (non-hydrogen) atoms. The highest BCUT2D eigenvalue weighted by Gasteiger charge is 2.15. The number of nitrogens with zero attached hydrogens (tertiary/aromatic N) is 2. The van der Waals surface area contributed by atoms with Crippen LogP contribution in [-0.4, -0.2) is 28.5 Å². The van der Waals surface area contributed by atoms with Crippen LogP contribution in [0.5, 0.6) is 5.75 Å². The Balaban J connectivity index is 1.59. The summed E-state index contributed by atoms with van der Waals surface area (Å²) < 4.78 is 11.5. The van der Waals surface area contributed by atoms with Gasteiger partial charge < -0.3 is 14.5 Å². The molecule has 0 saturated carbocycles. The van der Waals surface area contributed by atoms with E-state index in [-0.39, 0.29) is 31.0 Å². The van der Waals surface area contributed by atoms with Crippen LogP contribution in [0.1, 0.15) is 0 Å². The van der Waals surface area contributed by atoms with Gasteiger partial charge in [-0.25, -0.2) is 4.79 Å². The number of para-hydroxylation sites is 1. The van der Waals surface area contributed by atoms with Gasteiger partial charge in [-0.3, -0.25) is 19.5 Å². The predicted molar refractivity (Wildman–Crippen MR) is 92.1 cm³/mol. The fourth-order valence-corrected chi connectivity index (χ4v) is 2.39. The van der Waals surface area contributed by atoms with Crippen LogP contribution < -0.4 is 15.8 Å². The van der Waals surface area contributed by atoms with Gasteiger partial charge in [0.2, 0.25) is 5.91 Å². The standard InChI is InChI=1S/C17H15N3O6/c21-16(18-8-9-25-13-4-2-1-3-5-13)11-19-14-7-6-12(20(23)24)10-15(14)26-17(19)22/h1-7,10H,8-9,11H2,(H,18,21). The van der Waals surface area contributed by atoms with E-state index >= 15 is 0 Å². The number of benzene rings is 2. The van der Waals surface area contributed by atoms with Gasteiger partial charge in [0.25, 0.3) is 5.69 Å². The van der Waals surface area contributed by atoms with Crippen molar-refractivity contribution in [2.45, 2.75) is 6.54 Å². The lowest BCUT2D eigenvalue weighted by Crippen LogP contribution is -2.33. The zero-order valence-corrected chi connectivity index (χ0v) is 13.6. The van der Waals surface area contributed by atoms with Crippen molar-refractivity contribution in [3.63, 3.8) is 0 Å². The quantitative estimate of drug-likeness (QED) is 0.391. The minimum atomic E-state index is -0.754. The summed E-state index contributed by atoms with van der Waals surface area (Å²) in [6, 6.07) is 12.9. The molecule has 0 bridgehead atoms. The van der Waals surface area contributed by atoms with Crippen molar-refractivity contribution < 1.29 is 18.9 Å². The molecule has 1 heterocycles. The Bertz CT molecular complexity index is 993. The summed E-state index contributed by atoms with van der Waals surface area (Å²) in [6.45, 7) is 0.293. The van der Waals surface area contributed by atoms with Gasteiger partial charge in [-0.2, -0.15) is 0 Å². The fourth-order valence-electron chi connectivity index (χ4n) is 2.39. The van der Waals surface area contributed by atoms with E-state index in [1.165, 1.54) is 12.1 Å². The van der Waals surface area contributed by atoms with Crippen LogP contribution in [0.15, 0.2) is 57.7 Å². The normalized spacial score (nSPS) is 10.6. The molecule has 0 aliphatic heterocycles. The van der Waals surface area contributed by atoms with E-state index in [2.05, 4.69) is 5.32 Å². The number of aromatic nitrogens is 1. The van der Waals surface area contributed by atoms with Gasteiger partial charge >= 0.3 is 5.76 Å². The highest BCUT2D eigenvalue weighted by Crippen LogP contribution is 2.19. The van der Waals surface area contributed by atoms with Gasteiger partial charge in [-0.15, -0.1) is 0 Å². The van der Waals surface area contributed by atoms with Crippen molar-refractivity contribution >= 4 is 22.7 Å². The lowest BCUT2D eigenvalue weighted by Gasteiger charge is -2.08. The summed E-state index contributed by atoms with van der Waals surface area (Å²) in [7, 11) is 0. The number of carbonyl (C=O) groups is 1. The average Bonchev–Trinajstić information content (AvgIpc) is 2.94. The third kappa shape index (κ3) is 3.89. The van der Waals surface area contributed by atoms with Crippen LogP contribution in [0.3, 0.4) is 0 Å². The molecule has 134 valence electrons. The van der Waals surface area contributed by atoms with E-state index in [1.54, 1.807) is 12.1 Å². The van der Waals surface area contributed by atoms with Gasteiger partial charge in [-0.05, 0) is 18.2 Å². The number of hydrogen-bond donors (Lipinski definition) is 1. The molecule has 9 nitrogen and oxygen atoms in total. The Morgan fingerprint density at radius 2 is 2.00 bits per heavy atom. The lowest BCUT2D eigenvalue weighted by molar-refractivity contribution is -0.384. The third-order valence-corrected chi connectivity index (χ3v) is 3.60. The van der Waals surface area contributed by atoms with E-state index in [1.807, 2.05) is 18.2 Å². The molecule has 1 N–H and O–H groups in total. The molecule has 0 fully saturated rings. The Morgan fingerprint density at radius 1 is 1.23 bits per heavy atom. The first-order valence-electron chi connectivity index (χ1n) is 7.77. The summed E-state index contributed by atoms with van der Waals surface area (Å²) in [5.74, 6) is -0.457. The minimum Gasteiger partial charge on any atom is -0.492 e. The molecular formula is C17H15N3O6. The maximum atomic E-state index is 12.0. The monoisotopic (exact) mass is 357 g/mol. The molecule has 2 aromatic carbocycles. The molecule has 0 spiro atoms. The molecule has 0 aliphatic carbocycles. The van der Waals surface area contributed by atoms with Crippen molar-refractivity contribution in [1.29, 1.82) is 0 Å². The molecule has 0 aliphatic rings. The molecular weight excluding hydrogens is 342 g/mol. The maximum absolute atomic E-state index is 12.0. The number of hydrogen-bond acceptors (Lipinski definition) is 6. The van der Waals surface area contributed by atoms with E-state index in [4.69, 9.17) is 9.15 Å². The largest absolute Gasteiger partial charge is 0.492 e. The van der Waals surface area contributed by atoms with Crippen LogP contribution >= 0.6 is 0 Å². The molecule has 0 unspecified atom stereocenters. The zero-order chi connectivity index (χ0) is 18.5. The number of fused-ring (bicyclic) bond motifs is 1. The average molecular weight is 357 g/mol. The molecule has 3 rings (SSSR count). The number of nitro benzene ring substituents is 1. The molecule has 0 radical (unpaired) electrons. The van der Waals surface area contributed by atoms with Gasteiger partial charge in [0, 0.05) is 6.07 Å². The first-order valence-corrected chi connectivity index (χ1v) is 7.77. The van der Waals surface area contributed by atoms with Gasteiger partial charge in [-0.1, -0.05) is 18.2 Å². The molecule has 0 atom stereocenters. The second-order valence-corrected chi connectivity index (χ2v) is 5.37. The Hall–Kier alpha value is -3.62. The predicted octanol–water partition coefficient (Wildman–Crippen LogP) is 1.70. The SMILES string of the molecule is O=C(Cn1c(=O)oc2cc([N+](=O)[O-])ccc21)NCCOc1ccccc1. The summed E-state index contributed by atoms with van der Waals surface area (Å²) >= 11 is 0. The number of oxazole rings is 1. The van der Waals surface area contributed by atoms with Crippen molar-refractivity contribution in [2.75, 3.05) is 13.2 Å². The van der Waals surface area contributed by atoms with E-state index < -0.39 is 16.6 Å². The topological polar surface area (TPSA) is 117 Å². The van der Waals surface area contributed by atoms with E-state index in [9.17, 15) is 19.7 Å². The first-order chi connectivity index (χ1) is 12.5. The number of nitrogens with one attached hydrogen (secondary N) is 1. The number of carbonyl (C=O) groups excluding carboxylic acids is 1. The highest BCUT2D eigenvalue weighted by atomic mass is 16.6.